The van der Waals surface area contributed by atoms with Crippen molar-refractivity contribution in [1.82, 2.24) is 5.32 Å². The number of amides is 1. The average molecular weight is 264 g/mol. The molecular weight excluding hydrogens is 240 g/mol. The fourth-order valence-corrected chi connectivity index (χ4v) is 2.03. The Morgan fingerprint density at radius 2 is 2.11 bits per heavy atom. The van der Waals surface area contributed by atoms with Crippen molar-refractivity contribution >= 4 is 5.91 Å². The molecule has 0 aromatic heterocycles. The van der Waals surface area contributed by atoms with E-state index in [0.29, 0.717) is 24.9 Å². The van der Waals surface area contributed by atoms with Crippen LogP contribution >= 0.6 is 0 Å². The smallest absolute Gasteiger partial charge is 0.251 e. The number of nitrogens with one attached hydrogen (secondary N) is 1. The molecule has 0 saturated carbocycles. The van der Waals surface area contributed by atoms with Gasteiger partial charge in [0.15, 0.2) is 0 Å². The van der Waals surface area contributed by atoms with Gasteiger partial charge in [-0.2, -0.15) is 0 Å². The molecule has 0 spiro atoms. The van der Waals surface area contributed by atoms with E-state index in [1.54, 1.807) is 0 Å². The van der Waals surface area contributed by atoms with Crippen LogP contribution in [0.2, 0.25) is 0 Å². The first-order valence-electron chi connectivity index (χ1n) is 6.77. The normalized spacial score (nSPS) is 13.9. The van der Waals surface area contributed by atoms with Gasteiger partial charge in [0.1, 0.15) is 0 Å². The Morgan fingerprint density at radius 1 is 1.42 bits per heavy atom. The summed E-state index contributed by atoms with van der Waals surface area (Å²) < 4.78 is 0. The SMILES string of the molecule is CCC(C)(CCO)NC(=O)c1ccccc1CCN. The van der Waals surface area contributed by atoms with E-state index in [1.807, 2.05) is 38.1 Å². The second-order valence-electron chi connectivity index (χ2n) is 5.04. The third-order valence-electron chi connectivity index (χ3n) is 3.53. The molecule has 4 N–H and O–H groups in total. The molecule has 19 heavy (non-hydrogen) atoms. The number of hydrogen-bond donors (Lipinski definition) is 3. The van der Waals surface area contributed by atoms with Crippen LogP contribution < -0.4 is 11.1 Å². The second-order valence-corrected chi connectivity index (χ2v) is 5.04. The van der Waals surface area contributed by atoms with Gasteiger partial charge in [-0.05, 0) is 44.4 Å². The van der Waals surface area contributed by atoms with Crippen LogP contribution in [0.5, 0.6) is 0 Å². The number of aliphatic hydroxyl groups excluding tert-OH is 1. The van der Waals surface area contributed by atoms with E-state index in [0.717, 1.165) is 12.0 Å². The summed E-state index contributed by atoms with van der Waals surface area (Å²) in [5, 5.41) is 12.1. The van der Waals surface area contributed by atoms with Crippen LogP contribution in [0.4, 0.5) is 0 Å². The van der Waals surface area contributed by atoms with Crippen LogP contribution in [0, 0.1) is 0 Å². The minimum absolute atomic E-state index is 0.0646. The molecule has 1 unspecified atom stereocenters. The third-order valence-corrected chi connectivity index (χ3v) is 3.53. The van der Waals surface area contributed by atoms with E-state index in [-0.39, 0.29) is 18.1 Å². The molecule has 0 bridgehead atoms. The van der Waals surface area contributed by atoms with Crippen LogP contribution in [0.1, 0.15) is 42.6 Å². The zero-order chi connectivity index (χ0) is 14.3. The number of nitrogens with two attached hydrogens (primary N) is 1. The van der Waals surface area contributed by atoms with E-state index in [4.69, 9.17) is 10.8 Å². The molecule has 0 aliphatic heterocycles. The van der Waals surface area contributed by atoms with Gasteiger partial charge in [0.05, 0.1) is 0 Å². The predicted octanol–water partition coefficient (Wildman–Crippen LogP) is 1.47. The van der Waals surface area contributed by atoms with Crippen LogP contribution in [-0.4, -0.2) is 29.7 Å². The summed E-state index contributed by atoms with van der Waals surface area (Å²) in [4.78, 5) is 12.4. The maximum Gasteiger partial charge on any atom is 0.251 e. The molecule has 0 fully saturated rings. The second kappa shape index (κ2) is 7.26. The minimum atomic E-state index is -0.373. The van der Waals surface area contributed by atoms with Gasteiger partial charge in [-0.15, -0.1) is 0 Å². The molecule has 1 atom stereocenters. The Balaban J connectivity index is 2.88. The lowest BCUT2D eigenvalue weighted by atomic mass is 9.93. The molecule has 1 amide bonds. The number of hydrogen-bond acceptors (Lipinski definition) is 3. The summed E-state index contributed by atoms with van der Waals surface area (Å²) in [5.74, 6) is -0.0955. The van der Waals surface area contributed by atoms with E-state index in [9.17, 15) is 4.79 Å². The van der Waals surface area contributed by atoms with Crippen LogP contribution in [0.15, 0.2) is 24.3 Å². The fourth-order valence-electron chi connectivity index (χ4n) is 2.03. The summed E-state index contributed by atoms with van der Waals surface area (Å²) in [6.07, 6.45) is 2.01. The van der Waals surface area contributed by atoms with Crippen molar-refractivity contribution in [3.63, 3.8) is 0 Å². The highest BCUT2D eigenvalue weighted by atomic mass is 16.3. The van der Waals surface area contributed by atoms with Crippen molar-refractivity contribution in [2.75, 3.05) is 13.2 Å². The number of carbonyl (C=O) groups excluding carboxylic acids is 1. The molecule has 0 heterocycles. The van der Waals surface area contributed by atoms with Crippen LogP contribution in [-0.2, 0) is 6.42 Å². The summed E-state index contributed by atoms with van der Waals surface area (Å²) in [5.41, 5.74) is 6.83. The Bertz CT molecular complexity index is 420. The summed E-state index contributed by atoms with van der Waals surface area (Å²) in [6, 6.07) is 7.51. The van der Waals surface area contributed by atoms with E-state index in [2.05, 4.69) is 5.32 Å². The highest BCUT2D eigenvalue weighted by Gasteiger charge is 2.24. The molecule has 106 valence electrons. The molecule has 1 aromatic rings. The van der Waals surface area contributed by atoms with Crippen molar-refractivity contribution in [2.45, 2.75) is 38.6 Å². The molecule has 0 aliphatic carbocycles. The summed E-state index contributed by atoms with van der Waals surface area (Å²) in [7, 11) is 0. The van der Waals surface area contributed by atoms with Gasteiger partial charge in [-0.1, -0.05) is 25.1 Å². The molecule has 0 radical (unpaired) electrons. The van der Waals surface area contributed by atoms with E-state index < -0.39 is 0 Å². The first-order valence-corrected chi connectivity index (χ1v) is 6.77. The molecule has 0 saturated heterocycles. The highest BCUT2D eigenvalue weighted by Crippen LogP contribution is 2.16. The van der Waals surface area contributed by atoms with Gasteiger partial charge in [0.2, 0.25) is 0 Å². The molecule has 4 nitrogen and oxygen atoms in total. The maximum absolute atomic E-state index is 12.4. The van der Waals surface area contributed by atoms with Gasteiger partial charge < -0.3 is 16.2 Å². The lowest BCUT2D eigenvalue weighted by Gasteiger charge is -2.29. The van der Waals surface area contributed by atoms with Crippen molar-refractivity contribution < 1.29 is 9.90 Å². The number of benzene rings is 1. The van der Waals surface area contributed by atoms with Gasteiger partial charge in [0, 0.05) is 17.7 Å². The monoisotopic (exact) mass is 264 g/mol. The Hall–Kier alpha value is -1.39. The Morgan fingerprint density at radius 3 is 2.68 bits per heavy atom. The topological polar surface area (TPSA) is 75.3 Å². The lowest BCUT2D eigenvalue weighted by molar-refractivity contribution is 0.0885. The van der Waals surface area contributed by atoms with Crippen LogP contribution in [0.3, 0.4) is 0 Å². The zero-order valence-corrected chi connectivity index (χ0v) is 11.8. The van der Waals surface area contributed by atoms with Crippen molar-refractivity contribution in [1.29, 1.82) is 0 Å². The van der Waals surface area contributed by atoms with E-state index >= 15 is 0 Å². The quantitative estimate of drug-likeness (QED) is 0.698. The highest BCUT2D eigenvalue weighted by molar-refractivity contribution is 5.96. The summed E-state index contributed by atoms with van der Waals surface area (Å²) in [6.45, 7) is 4.54. The van der Waals surface area contributed by atoms with Crippen molar-refractivity contribution in [2.24, 2.45) is 5.73 Å². The molecule has 0 aliphatic rings. The largest absolute Gasteiger partial charge is 0.396 e. The first-order chi connectivity index (χ1) is 9.06. The van der Waals surface area contributed by atoms with Crippen molar-refractivity contribution in [3.05, 3.63) is 35.4 Å². The first kappa shape index (κ1) is 15.7. The minimum Gasteiger partial charge on any atom is -0.396 e. The number of aliphatic hydroxyl groups is 1. The third kappa shape index (κ3) is 4.33. The lowest BCUT2D eigenvalue weighted by Crippen LogP contribution is -2.46. The predicted molar refractivity (Wildman–Crippen MR) is 77.1 cm³/mol. The van der Waals surface area contributed by atoms with Gasteiger partial charge in [0.25, 0.3) is 5.91 Å². The summed E-state index contributed by atoms with van der Waals surface area (Å²) >= 11 is 0. The molecular formula is C15H24N2O2. The molecule has 1 aromatic carbocycles. The molecule has 1 rings (SSSR count). The fraction of sp³-hybridized carbons (Fsp3) is 0.533. The number of carbonyl (C=O) groups is 1. The van der Waals surface area contributed by atoms with Crippen LogP contribution in [0.25, 0.3) is 0 Å². The average Bonchev–Trinajstić information content (AvgIpc) is 2.40. The maximum atomic E-state index is 12.4. The Kier molecular flexibility index (Phi) is 5.99. The van der Waals surface area contributed by atoms with Crippen molar-refractivity contribution in [3.8, 4) is 0 Å². The Labute approximate surface area is 115 Å². The number of rotatable bonds is 7. The van der Waals surface area contributed by atoms with E-state index in [1.165, 1.54) is 0 Å². The van der Waals surface area contributed by atoms with Gasteiger partial charge >= 0.3 is 0 Å². The molecule has 4 heteroatoms. The standard InChI is InChI=1S/C15H24N2O2/c1-3-15(2,9-11-18)17-14(19)13-7-5-4-6-12(13)8-10-16/h4-7,18H,3,8-11,16H2,1-2H3,(H,17,19). The van der Waals surface area contributed by atoms with Gasteiger partial charge in [-0.3, -0.25) is 4.79 Å². The zero-order valence-electron chi connectivity index (χ0n) is 11.8. The van der Waals surface area contributed by atoms with Gasteiger partial charge in [-0.25, -0.2) is 0 Å².